The Bertz CT molecular complexity index is 1800. The molecule has 2 fully saturated rings. The number of benzene rings is 5. The van der Waals surface area contributed by atoms with E-state index < -0.39 is 17.7 Å². The molecule has 0 amide bonds. The molecular weight excluding hydrogens is 559 g/mol. The Hall–Kier alpha value is -4.42. The molecule has 2 unspecified atom stereocenters. The van der Waals surface area contributed by atoms with Gasteiger partial charge in [-0.2, -0.15) is 13.2 Å². The normalized spacial score (nSPS) is 20.2. The minimum atomic E-state index is -4.40. The van der Waals surface area contributed by atoms with Gasteiger partial charge in [0.1, 0.15) is 0 Å². The van der Waals surface area contributed by atoms with E-state index in [1.54, 1.807) is 12.1 Å². The van der Waals surface area contributed by atoms with Crippen LogP contribution in [0.5, 0.6) is 0 Å². The molecule has 3 nitrogen and oxygen atoms in total. The molecule has 1 aliphatic carbocycles. The second-order valence-electron chi connectivity index (χ2n) is 12.3. The molecule has 1 saturated carbocycles. The van der Waals surface area contributed by atoms with Crippen molar-refractivity contribution in [2.45, 2.75) is 31.5 Å². The fraction of sp³-hybridized carbons (Fsp3) is 0.237. The minimum Gasteiger partial charge on any atom is -0.478 e. The molecule has 1 aliphatic heterocycles. The van der Waals surface area contributed by atoms with Crippen LogP contribution in [-0.4, -0.2) is 29.1 Å². The van der Waals surface area contributed by atoms with Crippen LogP contribution in [0, 0.1) is 11.8 Å². The Morgan fingerprint density at radius 3 is 2.02 bits per heavy atom. The maximum Gasteiger partial charge on any atom is 0.416 e. The lowest BCUT2D eigenvalue weighted by Crippen LogP contribution is -2.40. The largest absolute Gasteiger partial charge is 0.478 e. The molecule has 2 aliphatic rings. The molecule has 5 aromatic carbocycles. The quantitative estimate of drug-likeness (QED) is 0.214. The van der Waals surface area contributed by atoms with E-state index in [1.807, 2.05) is 18.2 Å². The zero-order chi connectivity index (χ0) is 30.4. The van der Waals surface area contributed by atoms with Gasteiger partial charge in [0, 0.05) is 19.6 Å². The van der Waals surface area contributed by atoms with Crippen molar-refractivity contribution in [3.8, 4) is 22.3 Å². The lowest BCUT2D eigenvalue weighted by molar-refractivity contribution is -0.137. The van der Waals surface area contributed by atoms with Crippen LogP contribution in [0.3, 0.4) is 0 Å². The highest BCUT2D eigenvalue weighted by Gasteiger charge is 2.42. The van der Waals surface area contributed by atoms with Crippen molar-refractivity contribution < 1.29 is 23.1 Å². The van der Waals surface area contributed by atoms with Gasteiger partial charge in [-0.3, -0.25) is 4.90 Å². The molecule has 44 heavy (non-hydrogen) atoms. The molecule has 2 bridgehead atoms. The summed E-state index contributed by atoms with van der Waals surface area (Å²) < 4.78 is 39.2. The maximum absolute atomic E-state index is 13.1. The lowest BCUT2D eigenvalue weighted by Gasteiger charge is -2.38. The second kappa shape index (κ2) is 11.3. The number of piperidine rings is 1. The summed E-state index contributed by atoms with van der Waals surface area (Å²) in [5, 5.41) is 11.5. The second-order valence-corrected chi connectivity index (χ2v) is 12.3. The number of carboxylic acids is 1. The van der Waals surface area contributed by atoms with Crippen LogP contribution in [0.15, 0.2) is 109 Å². The van der Waals surface area contributed by atoms with Gasteiger partial charge >= 0.3 is 12.1 Å². The van der Waals surface area contributed by atoms with Crippen molar-refractivity contribution in [1.82, 2.24) is 4.90 Å². The van der Waals surface area contributed by atoms with Crippen molar-refractivity contribution in [2.75, 3.05) is 13.1 Å². The highest BCUT2D eigenvalue weighted by Crippen LogP contribution is 2.48. The summed E-state index contributed by atoms with van der Waals surface area (Å²) in [5.74, 6) is 0.763. The third-order valence-corrected chi connectivity index (χ3v) is 9.51. The number of rotatable bonds is 6. The number of hydrogen-bond acceptors (Lipinski definition) is 2. The van der Waals surface area contributed by atoms with Gasteiger partial charge in [0.15, 0.2) is 0 Å². The first-order valence-electron chi connectivity index (χ1n) is 15.1. The number of aromatic carboxylic acids is 1. The van der Waals surface area contributed by atoms with Crippen molar-refractivity contribution in [3.63, 3.8) is 0 Å². The van der Waals surface area contributed by atoms with E-state index in [0.717, 1.165) is 59.2 Å². The molecular formula is C38H32F3NO2. The number of hydrogen-bond donors (Lipinski definition) is 1. The molecule has 1 saturated heterocycles. The van der Waals surface area contributed by atoms with Crippen molar-refractivity contribution >= 4 is 16.7 Å². The summed E-state index contributed by atoms with van der Waals surface area (Å²) in [6, 6.07) is 33.3. The van der Waals surface area contributed by atoms with E-state index in [1.165, 1.54) is 36.1 Å². The number of alkyl halides is 3. The summed E-state index contributed by atoms with van der Waals surface area (Å²) in [6.07, 6.45) is -1.91. The van der Waals surface area contributed by atoms with Crippen LogP contribution < -0.4 is 0 Å². The predicted octanol–water partition coefficient (Wildman–Crippen LogP) is 9.52. The van der Waals surface area contributed by atoms with Crippen LogP contribution in [0.25, 0.3) is 33.0 Å². The average Bonchev–Trinajstić information content (AvgIpc) is 3.30. The van der Waals surface area contributed by atoms with Crippen LogP contribution >= 0.6 is 0 Å². The molecule has 6 heteroatoms. The zero-order valence-electron chi connectivity index (χ0n) is 24.1. The van der Waals surface area contributed by atoms with Gasteiger partial charge in [-0.15, -0.1) is 0 Å². The van der Waals surface area contributed by atoms with Gasteiger partial charge in [0.25, 0.3) is 0 Å². The number of halogens is 3. The number of fused-ring (bicyclic) bond motifs is 3. The summed E-state index contributed by atoms with van der Waals surface area (Å²) in [4.78, 5) is 14.7. The molecule has 2 atom stereocenters. The number of nitrogens with zero attached hydrogens (tertiary/aromatic N) is 1. The molecule has 0 spiro atoms. The monoisotopic (exact) mass is 591 g/mol. The summed E-state index contributed by atoms with van der Waals surface area (Å²) in [6.45, 7) is 3.20. The summed E-state index contributed by atoms with van der Waals surface area (Å²) >= 11 is 0. The lowest BCUT2D eigenvalue weighted by atomic mass is 9.79. The Kier molecular flexibility index (Phi) is 7.25. The van der Waals surface area contributed by atoms with Gasteiger partial charge < -0.3 is 5.11 Å². The van der Waals surface area contributed by atoms with Gasteiger partial charge in [-0.05, 0) is 105 Å². The summed E-state index contributed by atoms with van der Waals surface area (Å²) in [5.41, 5.74) is 5.31. The van der Waals surface area contributed by atoms with E-state index in [4.69, 9.17) is 0 Å². The number of likely N-dealkylation sites (tertiary alicyclic amines) is 1. The first-order chi connectivity index (χ1) is 21.2. The van der Waals surface area contributed by atoms with E-state index in [0.29, 0.717) is 23.3 Å². The van der Waals surface area contributed by atoms with E-state index in [9.17, 15) is 23.1 Å². The van der Waals surface area contributed by atoms with Gasteiger partial charge in [-0.25, -0.2) is 4.79 Å². The first kappa shape index (κ1) is 28.4. The SMILES string of the molecule is O=C(O)c1cc(-c2ccc(C3C4CCC3CN(Cc3ccccc3)C4)cc2)c2ccc(-c3ccc(C(F)(F)F)cc3)cc2c1. The van der Waals surface area contributed by atoms with Crippen molar-refractivity contribution in [2.24, 2.45) is 11.8 Å². The summed E-state index contributed by atoms with van der Waals surface area (Å²) in [7, 11) is 0. The molecule has 0 aromatic heterocycles. The minimum absolute atomic E-state index is 0.171. The van der Waals surface area contributed by atoms with Gasteiger partial charge in [0.2, 0.25) is 0 Å². The van der Waals surface area contributed by atoms with E-state index >= 15 is 0 Å². The topological polar surface area (TPSA) is 40.5 Å². The Morgan fingerprint density at radius 1 is 0.750 bits per heavy atom. The smallest absolute Gasteiger partial charge is 0.416 e. The third kappa shape index (κ3) is 5.50. The zero-order valence-corrected chi connectivity index (χ0v) is 24.1. The molecule has 1 heterocycles. The highest BCUT2D eigenvalue weighted by molar-refractivity contribution is 6.04. The molecule has 222 valence electrons. The Balaban J connectivity index is 1.16. The Labute approximate surface area is 254 Å². The van der Waals surface area contributed by atoms with E-state index in [2.05, 4.69) is 59.5 Å². The van der Waals surface area contributed by atoms with Crippen molar-refractivity contribution in [3.05, 3.63) is 131 Å². The molecule has 5 aromatic rings. The van der Waals surface area contributed by atoms with Gasteiger partial charge in [-0.1, -0.05) is 78.9 Å². The molecule has 1 N–H and O–H groups in total. The molecule has 7 rings (SSSR count). The Morgan fingerprint density at radius 2 is 1.39 bits per heavy atom. The van der Waals surface area contributed by atoms with Crippen LogP contribution in [0.1, 0.15) is 45.8 Å². The van der Waals surface area contributed by atoms with Crippen LogP contribution in [0.4, 0.5) is 13.2 Å². The molecule has 0 radical (unpaired) electrons. The predicted molar refractivity (Wildman–Crippen MR) is 167 cm³/mol. The van der Waals surface area contributed by atoms with Crippen LogP contribution in [0.2, 0.25) is 0 Å². The van der Waals surface area contributed by atoms with Crippen molar-refractivity contribution in [1.29, 1.82) is 0 Å². The van der Waals surface area contributed by atoms with E-state index in [-0.39, 0.29) is 5.56 Å². The maximum atomic E-state index is 13.1. The average molecular weight is 592 g/mol. The number of carboxylic acid groups (broad SMARTS) is 1. The highest BCUT2D eigenvalue weighted by atomic mass is 19.4. The van der Waals surface area contributed by atoms with Gasteiger partial charge in [0.05, 0.1) is 11.1 Å². The number of carbonyl (C=O) groups is 1. The fourth-order valence-corrected chi connectivity index (χ4v) is 7.48. The fourth-order valence-electron chi connectivity index (χ4n) is 7.48. The first-order valence-corrected chi connectivity index (χ1v) is 15.1. The van der Waals surface area contributed by atoms with Crippen LogP contribution in [-0.2, 0) is 12.7 Å². The standard InChI is InChI=1S/C38H32F3NO2/c39-38(40,41)33-15-12-25(13-16-33)28-14-17-34-31(18-28)19-32(37(43)44)20-35(34)26-6-8-27(9-7-26)36-29-10-11-30(36)23-42(22-29)21-24-4-2-1-3-5-24/h1-9,12-20,29-30,36H,10-11,21-23H2,(H,43,44). The third-order valence-electron chi connectivity index (χ3n) is 9.51.